The minimum Gasteiger partial charge on any atom is -0.491 e. The highest BCUT2D eigenvalue weighted by Gasteiger charge is 1.96. The Bertz CT molecular complexity index is 418. The molecule has 0 aliphatic carbocycles. The molecule has 0 unspecified atom stereocenters. The highest BCUT2D eigenvalue weighted by atomic mass is 16.5. The van der Waals surface area contributed by atoms with Crippen LogP contribution in [-0.4, -0.2) is 26.4 Å². The van der Waals surface area contributed by atoms with Crippen molar-refractivity contribution in [1.82, 2.24) is 0 Å². The lowest BCUT2D eigenvalue weighted by Crippen LogP contribution is -2.08. The molecule has 0 amide bonds. The Balaban J connectivity index is 2.25. The van der Waals surface area contributed by atoms with E-state index in [1.165, 1.54) is 0 Å². The van der Waals surface area contributed by atoms with E-state index < -0.39 is 0 Å². The summed E-state index contributed by atoms with van der Waals surface area (Å²) in [5, 5.41) is 0. The molecule has 0 aromatic heterocycles. The summed E-state index contributed by atoms with van der Waals surface area (Å²) in [6, 6.07) is 7.70. The molecular weight excluding hydrogens is 238 g/mol. The lowest BCUT2D eigenvalue weighted by molar-refractivity contribution is 0.0926. The highest BCUT2D eigenvalue weighted by Crippen LogP contribution is 2.12. The van der Waals surface area contributed by atoms with Crippen LogP contribution in [0, 0.1) is 17.8 Å². The Kier molecular flexibility index (Phi) is 7.72. The van der Waals surface area contributed by atoms with E-state index >= 15 is 0 Å². The summed E-state index contributed by atoms with van der Waals surface area (Å²) in [6.45, 7) is 6.72. The second-order valence-electron chi connectivity index (χ2n) is 4.68. The molecule has 0 heterocycles. The summed E-state index contributed by atoms with van der Waals surface area (Å²) in [7, 11) is 0. The number of hydrogen-bond donors (Lipinski definition) is 1. The molecule has 1 aromatic carbocycles. The standard InChI is InChI=1S/C16H23NO2/c1-14(2)8-10-18-11-12-19-16-7-3-5-15(13-16)6-4-9-17/h3,5,7,13-14H,8-12,17H2,1-2H3. The molecule has 2 N–H and O–H groups in total. The lowest BCUT2D eigenvalue weighted by atomic mass is 10.1. The highest BCUT2D eigenvalue weighted by molar-refractivity contribution is 5.39. The molecule has 0 spiro atoms. The maximum atomic E-state index is 5.61. The summed E-state index contributed by atoms with van der Waals surface area (Å²) >= 11 is 0. The number of ether oxygens (including phenoxy) is 2. The van der Waals surface area contributed by atoms with Gasteiger partial charge < -0.3 is 15.2 Å². The predicted molar refractivity (Wildman–Crippen MR) is 78.1 cm³/mol. The van der Waals surface area contributed by atoms with E-state index in [1.807, 2.05) is 24.3 Å². The SMILES string of the molecule is CC(C)CCOCCOc1cccc(C#CCN)c1. The normalized spacial score (nSPS) is 10.1. The molecular formula is C16H23NO2. The second kappa shape index (κ2) is 9.43. The van der Waals surface area contributed by atoms with Crippen molar-refractivity contribution in [3.63, 3.8) is 0 Å². The first-order valence-electron chi connectivity index (χ1n) is 6.72. The third kappa shape index (κ3) is 7.50. The van der Waals surface area contributed by atoms with Gasteiger partial charge in [0.2, 0.25) is 0 Å². The maximum Gasteiger partial charge on any atom is 0.120 e. The van der Waals surface area contributed by atoms with Crippen molar-refractivity contribution in [1.29, 1.82) is 0 Å². The quantitative estimate of drug-likeness (QED) is 0.605. The van der Waals surface area contributed by atoms with Crippen LogP contribution >= 0.6 is 0 Å². The van der Waals surface area contributed by atoms with Crippen LogP contribution in [0.25, 0.3) is 0 Å². The van der Waals surface area contributed by atoms with Crippen LogP contribution in [0.3, 0.4) is 0 Å². The van der Waals surface area contributed by atoms with Crippen LogP contribution < -0.4 is 10.5 Å². The van der Waals surface area contributed by atoms with Crippen LogP contribution in [0.15, 0.2) is 24.3 Å². The second-order valence-corrected chi connectivity index (χ2v) is 4.68. The Labute approximate surface area is 116 Å². The molecule has 0 aliphatic rings. The van der Waals surface area contributed by atoms with E-state index in [-0.39, 0.29) is 0 Å². The molecule has 19 heavy (non-hydrogen) atoms. The van der Waals surface area contributed by atoms with Gasteiger partial charge in [0, 0.05) is 12.2 Å². The fraction of sp³-hybridized carbons (Fsp3) is 0.500. The number of rotatable bonds is 7. The average molecular weight is 261 g/mol. The molecule has 104 valence electrons. The summed E-state index contributed by atoms with van der Waals surface area (Å²) in [4.78, 5) is 0. The van der Waals surface area contributed by atoms with Crippen LogP contribution in [-0.2, 0) is 4.74 Å². The van der Waals surface area contributed by atoms with Crippen LogP contribution in [0.4, 0.5) is 0 Å². The van der Waals surface area contributed by atoms with Gasteiger partial charge in [-0.3, -0.25) is 0 Å². The minimum absolute atomic E-state index is 0.370. The van der Waals surface area contributed by atoms with Gasteiger partial charge in [-0.15, -0.1) is 0 Å². The van der Waals surface area contributed by atoms with E-state index in [4.69, 9.17) is 15.2 Å². The Morgan fingerprint density at radius 1 is 1.21 bits per heavy atom. The van der Waals surface area contributed by atoms with Crippen molar-refractivity contribution in [2.45, 2.75) is 20.3 Å². The zero-order chi connectivity index (χ0) is 13.9. The van der Waals surface area contributed by atoms with Gasteiger partial charge in [-0.1, -0.05) is 31.8 Å². The van der Waals surface area contributed by atoms with Gasteiger partial charge in [0.25, 0.3) is 0 Å². The van der Waals surface area contributed by atoms with Crippen molar-refractivity contribution in [3.8, 4) is 17.6 Å². The van der Waals surface area contributed by atoms with E-state index in [0.29, 0.717) is 25.7 Å². The molecule has 0 fully saturated rings. The third-order valence-corrected chi connectivity index (χ3v) is 2.50. The zero-order valence-electron chi connectivity index (χ0n) is 11.8. The first-order valence-corrected chi connectivity index (χ1v) is 6.72. The third-order valence-electron chi connectivity index (χ3n) is 2.50. The van der Waals surface area contributed by atoms with E-state index in [9.17, 15) is 0 Å². The van der Waals surface area contributed by atoms with E-state index in [1.54, 1.807) is 0 Å². The molecule has 0 saturated heterocycles. The molecule has 1 aromatic rings. The predicted octanol–water partition coefficient (Wildman–Crippen LogP) is 2.44. The van der Waals surface area contributed by atoms with Gasteiger partial charge >= 0.3 is 0 Å². The molecule has 0 aliphatic heterocycles. The Morgan fingerprint density at radius 3 is 2.79 bits per heavy atom. The van der Waals surface area contributed by atoms with Crippen molar-refractivity contribution < 1.29 is 9.47 Å². The molecule has 0 saturated carbocycles. The fourth-order valence-corrected chi connectivity index (χ4v) is 1.46. The Morgan fingerprint density at radius 2 is 2.05 bits per heavy atom. The summed E-state index contributed by atoms with van der Waals surface area (Å²) in [5.74, 6) is 7.30. The van der Waals surface area contributed by atoms with Gasteiger partial charge in [-0.25, -0.2) is 0 Å². The molecule has 0 radical (unpaired) electrons. The zero-order valence-corrected chi connectivity index (χ0v) is 11.8. The first kappa shape index (κ1) is 15.6. The van der Waals surface area contributed by atoms with Gasteiger partial charge in [0.15, 0.2) is 0 Å². The monoisotopic (exact) mass is 261 g/mol. The topological polar surface area (TPSA) is 44.5 Å². The largest absolute Gasteiger partial charge is 0.491 e. The van der Waals surface area contributed by atoms with Gasteiger partial charge in [-0.05, 0) is 30.5 Å². The average Bonchev–Trinajstić information content (AvgIpc) is 2.40. The van der Waals surface area contributed by atoms with Crippen LogP contribution in [0.2, 0.25) is 0 Å². The molecule has 3 nitrogen and oxygen atoms in total. The van der Waals surface area contributed by atoms with Gasteiger partial charge in [0.1, 0.15) is 12.4 Å². The lowest BCUT2D eigenvalue weighted by Gasteiger charge is -2.08. The molecule has 1 rings (SSSR count). The summed E-state index contributed by atoms with van der Waals surface area (Å²) < 4.78 is 11.1. The van der Waals surface area contributed by atoms with Gasteiger partial charge in [0.05, 0.1) is 13.2 Å². The maximum absolute atomic E-state index is 5.61. The number of nitrogens with two attached hydrogens (primary N) is 1. The fourth-order valence-electron chi connectivity index (χ4n) is 1.46. The molecule has 0 bridgehead atoms. The summed E-state index contributed by atoms with van der Waals surface area (Å²) in [6.07, 6.45) is 1.09. The number of hydrogen-bond acceptors (Lipinski definition) is 3. The van der Waals surface area contributed by atoms with Gasteiger partial charge in [-0.2, -0.15) is 0 Å². The van der Waals surface area contributed by atoms with Crippen molar-refractivity contribution in [2.75, 3.05) is 26.4 Å². The smallest absolute Gasteiger partial charge is 0.120 e. The van der Waals surface area contributed by atoms with Crippen molar-refractivity contribution >= 4 is 0 Å². The van der Waals surface area contributed by atoms with E-state index in [2.05, 4.69) is 25.7 Å². The summed E-state index contributed by atoms with van der Waals surface area (Å²) in [5.41, 5.74) is 6.26. The van der Waals surface area contributed by atoms with Crippen molar-refractivity contribution in [3.05, 3.63) is 29.8 Å². The van der Waals surface area contributed by atoms with Crippen LogP contribution in [0.1, 0.15) is 25.8 Å². The molecule has 3 heteroatoms. The van der Waals surface area contributed by atoms with E-state index in [0.717, 1.165) is 24.3 Å². The minimum atomic E-state index is 0.370. The Hall–Kier alpha value is -1.50. The molecule has 0 atom stereocenters. The van der Waals surface area contributed by atoms with Crippen molar-refractivity contribution in [2.24, 2.45) is 11.7 Å². The first-order chi connectivity index (χ1) is 9.22. The number of benzene rings is 1. The van der Waals surface area contributed by atoms with Crippen LogP contribution in [0.5, 0.6) is 5.75 Å².